The first kappa shape index (κ1) is 28.1. The van der Waals surface area contributed by atoms with Crippen LogP contribution in [0.15, 0.2) is 72.8 Å². The quantitative estimate of drug-likeness (QED) is 0.683. The molecular weight excluding hydrogens is 402 g/mol. The molecule has 2 aromatic rings. The zero-order valence-corrected chi connectivity index (χ0v) is 18.8. The molecule has 1 aliphatic carbocycles. The minimum atomic E-state index is -0.838. The van der Waals surface area contributed by atoms with Crippen LogP contribution in [0.1, 0.15) is 42.4 Å². The predicted octanol–water partition coefficient (Wildman–Crippen LogP) is 4.58. The van der Waals surface area contributed by atoms with E-state index in [0.717, 1.165) is 23.3 Å². The summed E-state index contributed by atoms with van der Waals surface area (Å²) in [6, 6.07) is 13.5. The smallest absolute Gasteiger partial charge is 0.304 e. The van der Waals surface area contributed by atoms with Crippen molar-refractivity contribution in [3.8, 4) is 18.9 Å². The summed E-state index contributed by atoms with van der Waals surface area (Å²) in [6.07, 6.45) is 19.0. The van der Waals surface area contributed by atoms with Gasteiger partial charge in [-0.25, -0.2) is 0 Å². The molecular formula is C26H31N3O3. The van der Waals surface area contributed by atoms with Crippen LogP contribution >= 0.6 is 0 Å². The van der Waals surface area contributed by atoms with Gasteiger partial charge in [-0.3, -0.25) is 9.78 Å². The normalized spacial score (nSPS) is 14.3. The van der Waals surface area contributed by atoms with E-state index in [0.29, 0.717) is 5.92 Å². The van der Waals surface area contributed by atoms with Gasteiger partial charge in [0.1, 0.15) is 5.76 Å². The highest BCUT2D eigenvalue weighted by molar-refractivity contribution is 5.67. The standard InChI is InChI=1S/C12H13NO.C8H7N.C4H9NO2.C2H2/c1-14-12-4-2-10(3-5-12)11-6-8-13-9-7-11;1-7-3-2-4-8(5-7)6-9;1-3(5)2-4(6)7;1-2/h2,4-10H,3H2,1H3;2-5H,1H3;3H,2,5H2,1H3,(H,6,7);1-2H/t;;3-;/m..1./s1. The van der Waals surface area contributed by atoms with Gasteiger partial charge in [-0.1, -0.05) is 18.2 Å². The zero-order valence-electron chi connectivity index (χ0n) is 18.8. The number of hydrogen-bond donors (Lipinski definition) is 2. The van der Waals surface area contributed by atoms with E-state index in [1.165, 1.54) is 5.56 Å². The summed E-state index contributed by atoms with van der Waals surface area (Å²) in [4.78, 5) is 13.7. The Labute approximate surface area is 191 Å². The Balaban J connectivity index is 0.000000464. The number of ether oxygens (including phenoxy) is 1. The summed E-state index contributed by atoms with van der Waals surface area (Å²) >= 11 is 0. The molecule has 6 nitrogen and oxygen atoms in total. The van der Waals surface area contributed by atoms with E-state index >= 15 is 0 Å². The maximum Gasteiger partial charge on any atom is 0.304 e. The minimum absolute atomic E-state index is 0.0556. The van der Waals surface area contributed by atoms with Crippen molar-refractivity contribution in [3.63, 3.8) is 0 Å². The molecule has 32 heavy (non-hydrogen) atoms. The lowest BCUT2D eigenvalue weighted by Crippen LogP contribution is -2.18. The van der Waals surface area contributed by atoms with Gasteiger partial charge in [-0.15, -0.1) is 12.8 Å². The maximum atomic E-state index is 9.73. The second-order valence-electron chi connectivity index (χ2n) is 6.85. The summed E-state index contributed by atoms with van der Waals surface area (Å²) < 4.78 is 5.14. The molecule has 168 valence electrons. The molecule has 6 heteroatoms. The molecule has 0 saturated heterocycles. The molecule has 2 atom stereocenters. The number of aryl methyl sites for hydroxylation is 1. The number of methoxy groups -OCH3 is 1. The average molecular weight is 434 g/mol. The topological polar surface area (TPSA) is 109 Å². The van der Waals surface area contributed by atoms with Crippen molar-refractivity contribution in [1.82, 2.24) is 4.98 Å². The zero-order chi connectivity index (χ0) is 24.4. The van der Waals surface area contributed by atoms with Crippen LogP contribution < -0.4 is 5.73 Å². The van der Waals surface area contributed by atoms with Gasteiger partial charge in [0.2, 0.25) is 0 Å². The number of carboxylic acid groups (broad SMARTS) is 1. The summed E-state index contributed by atoms with van der Waals surface area (Å²) in [5.74, 6) is 0.585. The van der Waals surface area contributed by atoms with Crippen LogP contribution in [0.25, 0.3) is 0 Å². The van der Waals surface area contributed by atoms with Crippen LogP contribution in [0, 0.1) is 31.1 Å². The summed E-state index contributed by atoms with van der Waals surface area (Å²) in [7, 11) is 1.70. The Morgan fingerprint density at radius 3 is 2.38 bits per heavy atom. The molecule has 0 fully saturated rings. The van der Waals surface area contributed by atoms with Gasteiger partial charge in [-0.2, -0.15) is 5.26 Å². The molecule has 1 aliphatic rings. The predicted molar refractivity (Wildman–Crippen MR) is 128 cm³/mol. The van der Waals surface area contributed by atoms with Crippen LogP contribution in [0.5, 0.6) is 0 Å². The van der Waals surface area contributed by atoms with Crippen molar-refractivity contribution >= 4 is 5.97 Å². The molecule has 0 radical (unpaired) electrons. The van der Waals surface area contributed by atoms with Gasteiger partial charge in [0, 0.05) is 24.4 Å². The third-order valence-corrected chi connectivity index (χ3v) is 4.08. The molecule has 0 saturated carbocycles. The molecule has 1 heterocycles. The SMILES string of the molecule is C#C.COC1=CCC(c2ccncc2)C=C1.C[C@@H](N)CC(=O)O.Cc1cccc(C#N)c1. The lowest BCUT2D eigenvalue weighted by atomic mass is 9.93. The summed E-state index contributed by atoms with van der Waals surface area (Å²) in [5.41, 5.74) is 8.29. The lowest BCUT2D eigenvalue weighted by Gasteiger charge is -2.15. The first-order chi connectivity index (χ1) is 15.3. The molecule has 1 aromatic heterocycles. The number of hydrogen-bond acceptors (Lipinski definition) is 5. The second kappa shape index (κ2) is 16.9. The van der Waals surface area contributed by atoms with E-state index in [-0.39, 0.29) is 12.5 Å². The van der Waals surface area contributed by atoms with Crippen LogP contribution in [0.2, 0.25) is 0 Å². The fourth-order valence-electron chi connectivity index (χ4n) is 2.60. The number of aliphatic carboxylic acids is 1. The molecule has 0 amide bonds. The highest BCUT2D eigenvalue weighted by Gasteiger charge is 2.10. The number of carboxylic acids is 1. The number of nitriles is 1. The number of nitrogens with zero attached hydrogens (tertiary/aromatic N) is 2. The summed E-state index contributed by atoms with van der Waals surface area (Å²) in [5, 5.41) is 16.4. The van der Waals surface area contributed by atoms with Gasteiger partial charge in [0.05, 0.1) is 25.2 Å². The Morgan fingerprint density at radius 2 is 2.00 bits per heavy atom. The number of aromatic nitrogens is 1. The number of pyridine rings is 1. The number of allylic oxidation sites excluding steroid dienone is 3. The molecule has 3 N–H and O–H groups in total. The van der Waals surface area contributed by atoms with E-state index in [2.05, 4.69) is 48.2 Å². The molecule has 3 rings (SSSR count). The van der Waals surface area contributed by atoms with Gasteiger partial charge >= 0.3 is 5.97 Å². The minimum Gasteiger partial charge on any atom is -0.497 e. The van der Waals surface area contributed by atoms with E-state index < -0.39 is 5.97 Å². The number of carbonyl (C=O) groups is 1. The van der Waals surface area contributed by atoms with Crippen LogP contribution in [-0.4, -0.2) is 29.2 Å². The van der Waals surface area contributed by atoms with Gasteiger partial charge in [-0.05, 0) is 67.8 Å². The first-order valence-electron chi connectivity index (χ1n) is 9.95. The van der Waals surface area contributed by atoms with Gasteiger partial charge in [0.15, 0.2) is 0 Å². The molecule has 1 aromatic carbocycles. The Kier molecular flexibility index (Phi) is 14.8. The Hall–Kier alpha value is -3.87. The number of terminal acetylenes is 1. The molecule has 0 spiro atoms. The van der Waals surface area contributed by atoms with Crippen molar-refractivity contribution < 1.29 is 14.6 Å². The van der Waals surface area contributed by atoms with Crippen LogP contribution in [0.4, 0.5) is 0 Å². The van der Waals surface area contributed by atoms with Gasteiger partial charge < -0.3 is 15.6 Å². The lowest BCUT2D eigenvalue weighted by molar-refractivity contribution is -0.137. The maximum absolute atomic E-state index is 9.73. The highest BCUT2D eigenvalue weighted by atomic mass is 16.5. The van der Waals surface area contributed by atoms with Crippen molar-refractivity contribution in [2.45, 2.75) is 38.6 Å². The van der Waals surface area contributed by atoms with Crippen molar-refractivity contribution in [2.75, 3.05) is 7.11 Å². The number of benzene rings is 1. The van der Waals surface area contributed by atoms with Crippen LogP contribution in [-0.2, 0) is 9.53 Å². The molecule has 0 aliphatic heterocycles. The monoisotopic (exact) mass is 433 g/mol. The van der Waals surface area contributed by atoms with Gasteiger partial charge in [0.25, 0.3) is 0 Å². The largest absolute Gasteiger partial charge is 0.497 e. The molecule has 1 unspecified atom stereocenters. The Morgan fingerprint density at radius 1 is 1.34 bits per heavy atom. The third-order valence-electron chi connectivity index (χ3n) is 4.08. The summed E-state index contributed by atoms with van der Waals surface area (Å²) in [6.45, 7) is 3.63. The van der Waals surface area contributed by atoms with E-state index in [4.69, 9.17) is 20.8 Å². The molecule has 0 bridgehead atoms. The Bertz CT molecular complexity index is 926. The second-order valence-corrected chi connectivity index (χ2v) is 6.85. The third kappa shape index (κ3) is 12.6. The van der Waals surface area contributed by atoms with E-state index in [9.17, 15) is 4.79 Å². The fourth-order valence-corrected chi connectivity index (χ4v) is 2.60. The van der Waals surface area contributed by atoms with Crippen LogP contribution in [0.3, 0.4) is 0 Å². The highest BCUT2D eigenvalue weighted by Crippen LogP contribution is 2.26. The number of rotatable bonds is 4. The van der Waals surface area contributed by atoms with Crippen molar-refractivity contribution in [1.29, 1.82) is 5.26 Å². The van der Waals surface area contributed by atoms with Crippen molar-refractivity contribution in [3.05, 3.63) is 89.5 Å². The number of nitrogens with two attached hydrogens (primary N) is 1. The average Bonchev–Trinajstić information content (AvgIpc) is 2.81. The van der Waals surface area contributed by atoms with E-state index in [1.807, 2.05) is 43.6 Å². The van der Waals surface area contributed by atoms with Crippen molar-refractivity contribution in [2.24, 2.45) is 5.73 Å². The van der Waals surface area contributed by atoms with E-state index in [1.54, 1.807) is 20.1 Å². The first-order valence-corrected chi connectivity index (χ1v) is 9.95. The fraction of sp³-hybridized carbons (Fsp3) is 0.269.